The van der Waals surface area contributed by atoms with E-state index in [2.05, 4.69) is 21.0 Å². The highest BCUT2D eigenvalue weighted by Gasteiger charge is 2.39. The van der Waals surface area contributed by atoms with Crippen LogP contribution in [0.3, 0.4) is 0 Å². The first-order valence-corrected chi connectivity index (χ1v) is 8.80. The van der Waals surface area contributed by atoms with Crippen LogP contribution in [0.2, 0.25) is 0 Å². The molecule has 134 valence electrons. The number of fused-ring (bicyclic) bond motifs is 1. The van der Waals surface area contributed by atoms with Crippen molar-refractivity contribution in [2.45, 2.75) is 39.1 Å². The molecule has 1 aromatic rings. The van der Waals surface area contributed by atoms with Crippen LogP contribution in [0, 0.1) is 13.8 Å². The van der Waals surface area contributed by atoms with Crippen LogP contribution in [0.25, 0.3) is 0 Å². The average molecular weight is 343 g/mol. The summed E-state index contributed by atoms with van der Waals surface area (Å²) >= 11 is 0. The fourth-order valence-electron chi connectivity index (χ4n) is 3.92. The van der Waals surface area contributed by atoms with Gasteiger partial charge in [-0.05, 0) is 49.9 Å². The quantitative estimate of drug-likeness (QED) is 0.759. The summed E-state index contributed by atoms with van der Waals surface area (Å²) in [5, 5.41) is 8.51. The van der Waals surface area contributed by atoms with Gasteiger partial charge >= 0.3 is 0 Å². The third-order valence-electron chi connectivity index (χ3n) is 5.15. The average Bonchev–Trinajstić information content (AvgIpc) is 3.23. The second kappa shape index (κ2) is 6.33. The van der Waals surface area contributed by atoms with E-state index < -0.39 is 0 Å². The number of nitrogens with one attached hydrogen (secondary N) is 3. The second-order valence-electron chi connectivity index (χ2n) is 6.91. The minimum absolute atomic E-state index is 0.0144. The van der Waals surface area contributed by atoms with Gasteiger partial charge < -0.3 is 10.1 Å². The molecule has 2 fully saturated rings. The van der Waals surface area contributed by atoms with Crippen molar-refractivity contribution >= 4 is 11.6 Å². The number of anilines is 1. The van der Waals surface area contributed by atoms with Gasteiger partial charge in [0.2, 0.25) is 0 Å². The van der Waals surface area contributed by atoms with Crippen molar-refractivity contribution in [3.05, 3.63) is 35.0 Å². The molecule has 2 atom stereocenters. The van der Waals surface area contributed by atoms with E-state index >= 15 is 0 Å². The summed E-state index contributed by atoms with van der Waals surface area (Å²) < 4.78 is 5.34. The van der Waals surface area contributed by atoms with Gasteiger partial charge in [-0.1, -0.05) is 0 Å². The summed E-state index contributed by atoms with van der Waals surface area (Å²) in [7, 11) is 1.67. The molecule has 1 amide bonds. The van der Waals surface area contributed by atoms with Crippen LogP contribution in [-0.2, 0) is 4.79 Å². The molecule has 0 saturated carbocycles. The molecule has 0 aromatic heterocycles. The first-order valence-electron chi connectivity index (χ1n) is 8.80. The van der Waals surface area contributed by atoms with Gasteiger partial charge in [-0.15, -0.1) is 0 Å². The van der Waals surface area contributed by atoms with Gasteiger partial charge in [0.15, 0.2) is 0 Å². The molecule has 0 aliphatic carbocycles. The van der Waals surface area contributed by atoms with Crippen molar-refractivity contribution < 1.29 is 9.53 Å². The SMILES string of the molecule is COc1cc(C)c(N2C=C3C(=O)NC(N4CCCC4)NC3N2)c(C)c1. The number of rotatable bonds is 3. The Morgan fingerprint density at radius 1 is 1.16 bits per heavy atom. The lowest BCUT2D eigenvalue weighted by atomic mass is 10.1. The summed E-state index contributed by atoms with van der Waals surface area (Å²) in [4.78, 5) is 14.8. The Balaban J connectivity index is 1.57. The zero-order valence-electron chi connectivity index (χ0n) is 14.9. The standard InChI is InChI=1S/C18H25N5O2/c1-11-8-13(25-3)9-12(2)15(11)23-10-14-16(21-23)19-18(20-17(14)24)22-6-4-5-7-22/h8-10,16,18-19,21H,4-7H2,1-3H3,(H,20,24). The van der Waals surface area contributed by atoms with Gasteiger partial charge in [-0.25, -0.2) is 5.43 Å². The van der Waals surface area contributed by atoms with Crippen LogP contribution in [0.4, 0.5) is 5.69 Å². The van der Waals surface area contributed by atoms with Crippen LogP contribution < -0.4 is 25.8 Å². The predicted octanol–water partition coefficient (Wildman–Crippen LogP) is 0.945. The van der Waals surface area contributed by atoms with E-state index in [-0.39, 0.29) is 18.4 Å². The van der Waals surface area contributed by atoms with Gasteiger partial charge in [0.1, 0.15) is 18.2 Å². The molecule has 0 bridgehead atoms. The Labute approximate surface area is 148 Å². The Bertz CT molecular complexity index is 703. The molecule has 3 aliphatic heterocycles. The van der Waals surface area contributed by atoms with Crippen LogP contribution in [0.1, 0.15) is 24.0 Å². The maximum absolute atomic E-state index is 12.6. The maximum Gasteiger partial charge on any atom is 0.254 e. The van der Waals surface area contributed by atoms with Crippen molar-refractivity contribution in [1.29, 1.82) is 0 Å². The number of hydrogen-bond acceptors (Lipinski definition) is 6. The van der Waals surface area contributed by atoms with Crippen molar-refractivity contribution in [2.24, 2.45) is 0 Å². The number of aryl methyl sites for hydroxylation is 2. The molecule has 1 aromatic carbocycles. The lowest BCUT2D eigenvalue weighted by molar-refractivity contribution is -0.121. The van der Waals surface area contributed by atoms with Crippen LogP contribution in [-0.4, -0.2) is 43.5 Å². The molecule has 7 heteroatoms. The van der Waals surface area contributed by atoms with E-state index in [1.54, 1.807) is 7.11 Å². The smallest absolute Gasteiger partial charge is 0.254 e. The molecule has 25 heavy (non-hydrogen) atoms. The number of hydrogen-bond donors (Lipinski definition) is 3. The molecule has 3 aliphatic rings. The molecule has 3 heterocycles. The number of likely N-dealkylation sites (tertiary alicyclic amines) is 1. The van der Waals surface area contributed by atoms with Gasteiger partial charge in [0.25, 0.3) is 5.91 Å². The van der Waals surface area contributed by atoms with E-state index in [4.69, 9.17) is 4.74 Å². The Hall–Kier alpha value is -2.09. The zero-order valence-corrected chi connectivity index (χ0v) is 14.9. The molecule has 0 spiro atoms. The lowest BCUT2D eigenvalue weighted by Gasteiger charge is -2.36. The van der Waals surface area contributed by atoms with E-state index in [0.29, 0.717) is 5.57 Å². The van der Waals surface area contributed by atoms with E-state index in [0.717, 1.165) is 35.7 Å². The van der Waals surface area contributed by atoms with Gasteiger partial charge in [0.05, 0.1) is 18.4 Å². The monoisotopic (exact) mass is 343 g/mol. The summed E-state index contributed by atoms with van der Waals surface area (Å²) in [6, 6.07) is 4.01. The lowest BCUT2D eigenvalue weighted by Crippen LogP contribution is -2.66. The summed E-state index contributed by atoms with van der Waals surface area (Å²) in [6.07, 6.45) is 3.97. The number of ether oxygens (including phenoxy) is 1. The first kappa shape index (κ1) is 16.4. The van der Waals surface area contributed by atoms with Crippen molar-refractivity contribution in [3.8, 4) is 5.75 Å². The Morgan fingerprint density at radius 2 is 1.84 bits per heavy atom. The summed E-state index contributed by atoms with van der Waals surface area (Å²) in [6.45, 7) is 6.13. The highest BCUT2D eigenvalue weighted by molar-refractivity contribution is 5.97. The maximum atomic E-state index is 12.6. The van der Waals surface area contributed by atoms with E-state index in [1.165, 1.54) is 12.8 Å². The number of carbonyl (C=O) groups excluding carboxylic acids is 1. The molecule has 4 rings (SSSR count). The molecule has 3 N–H and O–H groups in total. The van der Waals surface area contributed by atoms with Crippen LogP contribution in [0.5, 0.6) is 5.75 Å². The third-order valence-corrected chi connectivity index (χ3v) is 5.15. The van der Waals surface area contributed by atoms with Gasteiger partial charge in [-0.3, -0.25) is 20.0 Å². The molecule has 2 unspecified atom stereocenters. The molecular weight excluding hydrogens is 318 g/mol. The van der Waals surface area contributed by atoms with Crippen molar-refractivity contribution in [1.82, 2.24) is 21.0 Å². The highest BCUT2D eigenvalue weighted by atomic mass is 16.5. The first-order chi connectivity index (χ1) is 12.1. The Kier molecular flexibility index (Phi) is 4.15. The van der Waals surface area contributed by atoms with Crippen LogP contribution >= 0.6 is 0 Å². The summed E-state index contributed by atoms with van der Waals surface area (Å²) in [5.41, 5.74) is 7.37. The number of amides is 1. The zero-order chi connectivity index (χ0) is 17.6. The largest absolute Gasteiger partial charge is 0.497 e. The van der Waals surface area contributed by atoms with Gasteiger partial charge in [0, 0.05) is 19.3 Å². The minimum Gasteiger partial charge on any atom is -0.497 e. The van der Waals surface area contributed by atoms with E-state index in [1.807, 2.05) is 37.2 Å². The number of carbonyl (C=O) groups is 1. The topological polar surface area (TPSA) is 68.9 Å². The normalized spacial score (nSPS) is 26.4. The molecule has 7 nitrogen and oxygen atoms in total. The van der Waals surface area contributed by atoms with Crippen molar-refractivity contribution in [3.63, 3.8) is 0 Å². The highest BCUT2D eigenvalue weighted by Crippen LogP contribution is 2.32. The van der Waals surface area contributed by atoms with Gasteiger partial charge in [-0.2, -0.15) is 0 Å². The third kappa shape index (κ3) is 2.88. The second-order valence-corrected chi connectivity index (χ2v) is 6.91. The molecule has 2 saturated heterocycles. The molecular formula is C18H25N5O2. The van der Waals surface area contributed by atoms with Crippen molar-refractivity contribution in [2.75, 3.05) is 25.2 Å². The summed E-state index contributed by atoms with van der Waals surface area (Å²) in [5.74, 6) is 0.826. The fourth-order valence-corrected chi connectivity index (χ4v) is 3.92. The Morgan fingerprint density at radius 3 is 2.48 bits per heavy atom. The van der Waals surface area contributed by atoms with Crippen LogP contribution in [0.15, 0.2) is 23.9 Å². The predicted molar refractivity (Wildman–Crippen MR) is 95.8 cm³/mol. The number of hydrazine groups is 1. The number of benzene rings is 1. The fraction of sp³-hybridized carbons (Fsp3) is 0.500. The van der Waals surface area contributed by atoms with E-state index in [9.17, 15) is 4.79 Å². The molecule has 0 radical (unpaired) electrons. The number of methoxy groups -OCH3 is 1. The number of nitrogens with zero attached hydrogens (tertiary/aromatic N) is 2. The minimum atomic E-state index is -0.180.